The highest BCUT2D eigenvalue weighted by Gasteiger charge is 2.44. The summed E-state index contributed by atoms with van der Waals surface area (Å²) in [6.07, 6.45) is 16.7. The summed E-state index contributed by atoms with van der Waals surface area (Å²) in [4.78, 5) is 24.0. The zero-order chi connectivity index (χ0) is 21.6. The third-order valence-electron chi connectivity index (χ3n) is 7.19. The summed E-state index contributed by atoms with van der Waals surface area (Å²) < 4.78 is 0. The standard InChI is InChI=1S/2C13H20O/c1-5-8-11(14)13(4)10-7-6-9-12(13,2)3;1-5-7-12(14)13(4)9-6-8-10(2)11(13)3/h5-6,8-9H,7,10H2,1-4H3;5,7H,6,8-9H2,1-4H3. The first-order valence-electron chi connectivity index (χ1n) is 10.6. The smallest absolute Gasteiger partial charge is 0.165 e. The fourth-order valence-electron chi connectivity index (χ4n) is 4.23. The van der Waals surface area contributed by atoms with Crippen molar-refractivity contribution >= 4 is 11.6 Å². The summed E-state index contributed by atoms with van der Waals surface area (Å²) in [5, 5.41) is 0. The second-order valence-corrected chi connectivity index (χ2v) is 9.31. The molecule has 2 heteroatoms. The van der Waals surface area contributed by atoms with E-state index in [2.05, 4.69) is 53.7 Å². The molecule has 0 amide bonds. The van der Waals surface area contributed by atoms with Crippen LogP contribution >= 0.6 is 0 Å². The maximum Gasteiger partial charge on any atom is 0.165 e. The number of hydrogen-bond donors (Lipinski definition) is 0. The Kier molecular flexibility index (Phi) is 8.41. The minimum atomic E-state index is -0.228. The van der Waals surface area contributed by atoms with Gasteiger partial charge in [0.2, 0.25) is 0 Å². The SMILES string of the molecule is CC=CC(=O)C1(C)CCC=CC1(C)C.CC=CC(=O)C1(C)CCCC(C)=C1C. The van der Waals surface area contributed by atoms with Crippen molar-refractivity contribution in [3.8, 4) is 0 Å². The Balaban J connectivity index is 0.000000280. The molecule has 0 saturated carbocycles. The Morgan fingerprint density at radius 2 is 1.50 bits per heavy atom. The van der Waals surface area contributed by atoms with Gasteiger partial charge in [0.1, 0.15) is 0 Å². The number of carbonyl (C=O) groups excluding carboxylic acids is 2. The summed E-state index contributed by atoms with van der Waals surface area (Å²) in [7, 11) is 0. The van der Waals surface area contributed by atoms with Gasteiger partial charge < -0.3 is 0 Å². The van der Waals surface area contributed by atoms with Crippen molar-refractivity contribution in [2.75, 3.05) is 0 Å². The van der Waals surface area contributed by atoms with E-state index in [-0.39, 0.29) is 27.8 Å². The Morgan fingerprint density at radius 3 is 2.04 bits per heavy atom. The van der Waals surface area contributed by atoms with E-state index in [1.165, 1.54) is 11.1 Å². The molecule has 0 aromatic rings. The summed E-state index contributed by atoms with van der Waals surface area (Å²) in [6, 6.07) is 0. The van der Waals surface area contributed by atoms with Gasteiger partial charge in [-0.15, -0.1) is 0 Å². The first kappa shape index (κ1) is 24.3. The topological polar surface area (TPSA) is 34.1 Å². The molecule has 0 bridgehead atoms. The predicted molar refractivity (Wildman–Crippen MR) is 120 cm³/mol. The molecule has 28 heavy (non-hydrogen) atoms. The molecule has 0 aliphatic heterocycles. The molecule has 2 unspecified atom stereocenters. The van der Waals surface area contributed by atoms with Crippen LogP contribution in [0.1, 0.15) is 87.5 Å². The fraction of sp³-hybridized carbons (Fsp3) is 0.615. The minimum Gasteiger partial charge on any atom is -0.294 e. The van der Waals surface area contributed by atoms with Crippen molar-refractivity contribution in [3.63, 3.8) is 0 Å². The van der Waals surface area contributed by atoms with Gasteiger partial charge in [0.25, 0.3) is 0 Å². The highest BCUT2D eigenvalue weighted by atomic mass is 16.1. The maximum atomic E-state index is 12.0. The van der Waals surface area contributed by atoms with Crippen molar-refractivity contribution < 1.29 is 9.59 Å². The zero-order valence-corrected chi connectivity index (χ0v) is 19.3. The average molecular weight is 385 g/mol. The molecule has 0 spiro atoms. The molecular weight excluding hydrogens is 344 g/mol. The first-order chi connectivity index (χ1) is 13.0. The van der Waals surface area contributed by atoms with E-state index in [0.29, 0.717) is 0 Å². The van der Waals surface area contributed by atoms with E-state index in [1.807, 2.05) is 26.0 Å². The fourth-order valence-corrected chi connectivity index (χ4v) is 4.23. The van der Waals surface area contributed by atoms with Gasteiger partial charge in [0.05, 0.1) is 5.41 Å². The largest absolute Gasteiger partial charge is 0.294 e. The third-order valence-corrected chi connectivity index (χ3v) is 7.19. The van der Waals surface area contributed by atoms with E-state index in [0.717, 1.165) is 32.1 Å². The van der Waals surface area contributed by atoms with E-state index in [1.54, 1.807) is 12.2 Å². The van der Waals surface area contributed by atoms with Gasteiger partial charge in [-0.3, -0.25) is 9.59 Å². The van der Waals surface area contributed by atoms with Crippen LogP contribution in [0, 0.1) is 16.2 Å². The van der Waals surface area contributed by atoms with Gasteiger partial charge in [0.15, 0.2) is 11.6 Å². The Bertz CT molecular complexity index is 702. The van der Waals surface area contributed by atoms with Gasteiger partial charge >= 0.3 is 0 Å². The van der Waals surface area contributed by atoms with Gasteiger partial charge in [-0.1, -0.05) is 56.2 Å². The normalized spacial score (nSPS) is 29.7. The second-order valence-electron chi connectivity index (χ2n) is 9.31. The van der Waals surface area contributed by atoms with Crippen LogP contribution in [0.5, 0.6) is 0 Å². The Morgan fingerprint density at radius 1 is 0.929 bits per heavy atom. The number of hydrogen-bond acceptors (Lipinski definition) is 2. The monoisotopic (exact) mass is 384 g/mol. The minimum absolute atomic E-state index is 0.0259. The number of allylic oxidation sites excluding steroid dienone is 8. The summed E-state index contributed by atoms with van der Waals surface area (Å²) >= 11 is 0. The summed E-state index contributed by atoms with van der Waals surface area (Å²) in [5.41, 5.74) is 2.20. The first-order valence-corrected chi connectivity index (χ1v) is 10.6. The van der Waals surface area contributed by atoms with Crippen molar-refractivity contribution in [2.45, 2.75) is 87.5 Å². The molecule has 2 aliphatic rings. The lowest BCUT2D eigenvalue weighted by atomic mass is 9.59. The number of carbonyl (C=O) groups is 2. The molecule has 2 atom stereocenters. The van der Waals surface area contributed by atoms with E-state index in [4.69, 9.17) is 0 Å². The lowest BCUT2D eigenvalue weighted by Gasteiger charge is -2.43. The van der Waals surface area contributed by atoms with Gasteiger partial charge in [0, 0.05) is 5.41 Å². The second kappa shape index (κ2) is 9.67. The molecule has 0 heterocycles. The highest BCUT2D eigenvalue weighted by Crippen LogP contribution is 2.47. The molecule has 156 valence electrons. The zero-order valence-electron chi connectivity index (χ0n) is 19.3. The predicted octanol–water partition coefficient (Wildman–Crippen LogP) is 7.17. The average Bonchev–Trinajstić information content (AvgIpc) is 2.63. The molecule has 2 nitrogen and oxygen atoms in total. The lowest BCUT2D eigenvalue weighted by molar-refractivity contribution is -0.128. The lowest BCUT2D eigenvalue weighted by Crippen LogP contribution is -2.41. The number of rotatable bonds is 4. The van der Waals surface area contributed by atoms with Crippen molar-refractivity contribution in [3.05, 3.63) is 47.6 Å². The van der Waals surface area contributed by atoms with Crippen LogP contribution < -0.4 is 0 Å². The van der Waals surface area contributed by atoms with Crippen molar-refractivity contribution in [1.29, 1.82) is 0 Å². The van der Waals surface area contributed by atoms with Gasteiger partial charge in [-0.2, -0.15) is 0 Å². The molecule has 2 aliphatic carbocycles. The highest BCUT2D eigenvalue weighted by molar-refractivity contribution is 5.97. The number of ketones is 2. The van der Waals surface area contributed by atoms with E-state index in [9.17, 15) is 9.59 Å². The van der Waals surface area contributed by atoms with Crippen LogP contribution in [0.3, 0.4) is 0 Å². The summed E-state index contributed by atoms with van der Waals surface area (Å²) in [5.74, 6) is 0.519. The molecule has 2 rings (SSSR count). The third kappa shape index (κ3) is 5.01. The Hall–Kier alpha value is -1.70. The Labute approximate surface area is 172 Å². The molecule has 0 radical (unpaired) electrons. The van der Waals surface area contributed by atoms with Crippen molar-refractivity contribution in [2.24, 2.45) is 16.2 Å². The van der Waals surface area contributed by atoms with Crippen LogP contribution in [-0.4, -0.2) is 11.6 Å². The van der Waals surface area contributed by atoms with Crippen LogP contribution in [0.2, 0.25) is 0 Å². The van der Waals surface area contributed by atoms with Gasteiger partial charge in [-0.05, 0) is 84.3 Å². The molecule has 0 aromatic carbocycles. The van der Waals surface area contributed by atoms with Gasteiger partial charge in [-0.25, -0.2) is 0 Å². The van der Waals surface area contributed by atoms with Crippen LogP contribution in [0.25, 0.3) is 0 Å². The summed E-state index contributed by atoms with van der Waals surface area (Å²) in [6.45, 7) is 16.5. The van der Waals surface area contributed by atoms with E-state index >= 15 is 0 Å². The molecule has 0 aromatic heterocycles. The molecule has 0 fully saturated rings. The van der Waals surface area contributed by atoms with Crippen LogP contribution in [0.4, 0.5) is 0 Å². The van der Waals surface area contributed by atoms with Crippen LogP contribution in [0.15, 0.2) is 47.6 Å². The maximum absolute atomic E-state index is 12.0. The molecule has 0 saturated heterocycles. The van der Waals surface area contributed by atoms with Crippen molar-refractivity contribution in [1.82, 2.24) is 0 Å². The quantitative estimate of drug-likeness (QED) is 0.380. The van der Waals surface area contributed by atoms with Crippen LogP contribution in [-0.2, 0) is 9.59 Å². The van der Waals surface area contributed by atoms with E-state index < -0.39 is 0 Å². The molecular formula is C26H40O2. The molecule has 0 N–H and O–H groups in total.